The monoisotopic (exact) mass is 365 g/mol. The molecule has 1 heterocycles. The van der Waals surface area contributed by atoms with E-state index in [2.05, 4.69) is 64.5 Å². The molecule has 134 valence electrons. The number of anilines is 1. The highest BCUT2D eigenvalue weighted by atomic mass is 32.1. The molecule has 1 aromatic heterocycles. The Morgan fingerprint density at radius 3 is 2.65 bits per heavy atom. The van der Waals surface area contributed by atoms with Crippen LogP contribution in [0.1, 0.15) is 31.0 Å². The van der Waals surface area contributed by atoms with E-state index in [-0.39, 0.29) is 6.04 Å². The first-order chi connectivity index (χ1) is 12.6. The molecule has 5 nitrogen and oxygen atoms in total. The Hall–Kier alpha value is -2.73. The first kappa shape index (κ1) is 18.1. The van der Waals surface area contributed by atoms with Crippen LogP contribution in [0.15, 0.2) is 61.2 Å². The molecule has 1 N–H and O–H groups in total. The predicted octanol–water partition coefficient (Wildman–Crippen LogP) is 4.22. The van der Waals surface area contributed by atoms with E-state index in [1.54, 1.807) is 11.0 Å². The second-order valence-corrected chi connectivity index (χ2v) is 6.59. The maximum absolute atomic E-state index is 5.60. The van der Waals surface area contributed by atoms with Gasteiger partial charge in [0.1, 0.15) is 12.7 Å². The summed E-state index contributed by atoms with van der Waals surface area (Å²) in [4.78, 5) is 6.05. The molecule has 0 unspecified atom stereocenters. The fourth-order valence-corrected chi connectivity index (χ4v) is 3.00. The minimum atomic E-state index is 0.147. The van der Waals surface area contributed by atoms with Gasteiger partial charge in [0, 0.05) is 12.7 Å². The summed E-state index contributed by atoms with van der Waals surface area (Å²) in [6.45, 7) is 4.29. The van der Waals surface area contributed by atoms with E-state index in [9.17, 15) is 0 Å². The Bertz CT molecular complexity index is 858. The van der Waals surface area contributed by atoms with E-state index in [1.807, 2.05) is 25.2 Å². The lowest BCUT2D eigenvalue weighted by atomic mass is 10.1. The topological polar surface area (TPSA) is 46.0 Å². The van der Waals surface area contributed by atoms with Crippen molar-refractivity contribution in [2.45, 2.75) is 26.3 Å². The molecule has 0 aliphatic rings. The molecular weight excluding hydrogens is 342 g/mol. The molecule has 3 aromatic rings. The number of thiocarbonyl (C=S) groups is 1. The largest absolute Gasteiger partial charge is 0.345 e. The number of rotatable bonds is 5. The van der Waals surface area contributed by atoms with E-state index in [1.165, 1.54) is 17.5 Å². The number of benzene rings is 2. The third-order valence-electron chi connectivity index (χ3n) is 4.55. The summed E-state index contributed by atoms with van der Waals surface area (Å²) in [6, 6.07) is 16.8. The van der Waals surface area contributed by atoms with E-state index in [0.29, 0.717) is 5.11 Å². The summed E-state index contributed by atoms with van der Waals surface area (Å²) < 4.78 is 1.74. The average molecular weight is 366 g/mol. The number of aryl methyl sites for hydroxylation is 1. The van der Waals surface area contributed by atoms with Gasteiger partial charge in [-0.25, -0.2) is 9.67 Å². The summed E-state index contributed by atoms with van der Waals surface area (Å²) in [5, 5.41) is 8.19. The minimum Gasteiger partial charge on any atom is -0.345 e. The van der Waals surface area contributed by atoms with E-state index >= 15 is 0 Å². The summed E-state index contributed by atoms with van der Waals surface area (Å²) in [5.74, 6) is 0. The molecule has 6 heteroatoms. The first-order valence-corrected chi connectivity index (χ1v) is 9.07. The summed E-state index contributed by atoms with van der Waals surface area (Å²) in [7, 11) is 2.01. The predicted molar refractivity (Wildman–Crippen MR) is 110 cm³/mol. The van der Waals surface area contributed by atoms with Crippen LogP contribution in [0.3, 0.4) is 0 Å². The molecule has 3 rings (SSSR count). The number of hydrogen-bond donors (Lipinski definition) is 1. The molecule has 2 aromatic carbocycles. The molecule has 0 aliphatic heterocycles. The van der Waals surface area contributed by atoms with Crippen LogP contribution >= 0.6 is 12.2 Å². The fourth-order valence-electron chi connectivity index (χ4n) is 2.73. The van der Waals surface area contributed by atoms with Crippen molar-refractivity contribution in [3.63, 3.8) is 0 Å². The molecule has 0 bridgehead atoms. The molecule has 0 spiro atoms. The number of nitrogens with one attached hydrogen (secondary N) is 1. The van der Waals surface area contributed by atoms with Crippen molar-refractivity contribution >= 4 is 23.0 Å². The van der Waals surface area contributed by atoms with E-state index in [4.69, 9.17) is 12.2 Å². The van der Waals surface area contributed by atoms with Gasteiger partial charge in [-0.2, -0.15) is 5.10 Å². The smallest absolute Gasteiger partial charge is 0.173 e. The van der Waals surface area contributed by atoms with Gasteiger partial charge in [-0.3, -0.25) is 0 Å². The lowest BCUT2D eigenvalue weighted by Crippen LogP contribution is -2.33. The van der Waals surface area contributed by atoms with Crippen molar-refractivity contribution in [1.29, 1.82) is 0 Å². The van der Waals surface area contributed by atoms with Gasteiger partial charge in [0.05, 0.1) is 11.7 Å². The Labute approximate surface area is 159 Å². The van der Waals surface area contributed by atoms with Crippen LogP contribution in [-0.4, -0.2) is 31.8 Å². The second kappa shape index (κ2) is 8.10. The highest BCUT2D eigenvalue weighted by Gasteiger charge is 2.15. The third-order valence-corrected chi connectivity index (χ3v) is 4.94. The highest BCUT2D eigenvalue weighted by Crippen LogP contribution is 2.21. The van der Waals surface area contributed by atoms with Crippen LogP contribution in [-0.2, 0) is 6.42 Å². The molecule has 26 heavy (non-hydrogen) atoms. The third kappa shape index (κ3) is 4.08. The van der Waals surface area contributed by atoms with Gasteiger partial charge < -0.3 is 10.2 Å². The van der Waals surface area contributed by atoms with E-state index < -0.39 is 0 Å². The van der Waals surface area contributed by atoms with Crippen molar-refractivity contribution < 1.29 is 0 Å². The van der Waals surface area contributed by atoms with Gasteiger partial charge in [-0.05, 0) is 61.0 Å². The van der Waals surface area contributed by atoms with Gasteiger partial charge in [0.2, 0.25) is 0 Å². The number of hydrogen-bond acceptors (Lipinski definition) is 3. The van der Waals surface area contributed by atoms with Gasteiger partial charge in [0.25, 0.3) is 0 Å². The lowest BCUT2D eigenvalue weighted by Gasteiger charge is -2.28. The molecule has 0 saturated heterocycles. The zero-order valence-corrected chi connectivity index (χ0v) is 16.1. The highest BCUT2D eigenvalue weighted by molar-refractivity contribution is 7.80. The maximum Gasteiger partial charge on any atom is 0.173 e. The van der Waals surface area contributed by atoms with Crippen molar-refractivity contribution in [2.75, 3.05) is 12.4 Å². The van der Waals surface area contributed by atoms with Crippen LogP contribution in [0.5, 0.6) is 0 Å². The maximum atomic E-state index is 5.60. The first-order valence-electron chi connectivity index (χ1n) is 8.66. The van der Waals surface area contributed by atoms with Gasteiger partial charge >= 0.3 is 0 Å². The normalized spacial score (nSPS) is 11.8. The average Bonchev–Trinajstić information content (AvgIpc) is 3.22. The Balaban J connectivity index is 1.68. The lowest BCUT2D eigenvalue weighted by molar-refractivity contribution is 0.408. The second-order valence-electron chi connectivity index (χ2n) is 6.20. The van der Waals surface area contributed by atoms with Crippen molar-refractivity contribution in [3.05, 3.63) is 72.3 Å². The van der Waals surface area contributed by atoms with Crippen molar-refractivity contribution in [2.24, 2.45) is 0 Å². The SMILES string of the molecule is CCc1cccc(NC(=S)N(C)[C@H](C)c2ccc(-n3cncn3)cc2)c1. The van der Waals surface area contributed by atoms with Crippen LogP contribution < -0.4 is 5.32 Å². The van der Waals surface area contributed by atoms with Crippen LogP contribution in [0.25, 0.3) is 5.69 Å². The molecule has 0 saturated carbocycles. The number of nitrogens with zero attached hydrogens (tertiary/aromatic N) is 4. The fraction of sp³-hybridized carbons (Fsp3) is 0.250. The van der Waals surface area contributed by atoms with Crippen LogP contribution in [0.4, 0.5) is 5.69 Å². The molecule has 0 fully saturated rings. The number of aromatic nitrogens is 3. The molecule has 0 aliphatic carbocycles. The Morgan fingerprint density at radius 1 is 1.23 bits per heavy atom. The van der Waals surface area contributed by atoms with Gasteiger partial charge in [-0.15, -0.1) is 0 Å². The van der Waals surface area contributed by atoms with Crippen molar-refractivity contribution in [1.82, 2.24) is 19.7 Å². The molecule has 0 radical (unpaired) electrons. The zero-order chi connectivity index (χ0) is 18.5. The Kier molecular flexibility index (Phi) is 5.63. The van der Waals surface area contributed by atoms with Gasteiger partial charge in [0.15, 0.2) is 5.11 Å². The minimum absolute atomic E-state index is 0.147. The quantitative estimate of drug-likeness (QED) is 0.686. The van der Waals surface area contributed by atoms with Gasteiger partial charge in [-0.1, -0.05) is 31.2 Å². The molecular formula is C20H23N5S. The summed E-state index contributed by atoms with van der Waals surface area (Å²) in [6.07, 6.45) is 4.22. The molecule has 0 amide bonds. The van der Waals surface area contributed by atoms with Crippen LogP contribution in [0.2, 0.25) is 0 Å². The van der Waals surface area contributed by atoms with E-state index in [0.717, 1.165) is 17.8 Å². The summed E-state index contributed by atoms with van der Waals surface area (Å²) in [5.41, 5.74) is 4.48. The zero-order valence-electron chi connectivity index (χ0n) is 15.3. The Morgan fingerprint density at radius 2 is 2.00 bits per heavy atom. The summed E-state index contributed by atoms with van der Waals surface area (Å²) >= 11 is 5.60. The van der Waals surface area contributed by atoms with Crippen LogP contribution in [0, 0.1) is 0 Å². The van der Waals surface area contributed by atoms with Crippen molar-refractivity contribution in [3.8, 4) is 5.69 Å². The standard InChI is InChI=1S/C20H23N5S/c1-4-16-6-5-7-18(12-16)23-20(26)24(3)15(2)17-8-10-19(11-9-17)25-14-21-13-22-25/h5-15H,4H2,1-3H3,(H,23,26)/t15-/m1/s1. The molecule has 1 atom stereocenters.